The number of nitrogens with zero attached hydrogens (tertiary/aromatic N) is 2. The molecule has 7 heteroatoms. The van der Waals surface area contributed by atoms with Crippen molar-refractivity contribution in [2.45, 2.75) is 0 Å². The first-order chi connectivity index (χ1) is 14.7. The molecule has 4 rings (SSSR count). The van der Waals surface area contributed by atoms with E-state index in [4.69, 9.17) is 19.2 Å². The Morgan fingerprint density at radius 1 is 0.700 bits per heavy atom. The fourth-order valence-corrected chi connectivity index (χ4v) is 3.07. The Kier molecular flexibility index (Phi) is 5.52. The van der Waals surface area contributed by atoms with E-state index >= 15 is 0 Å². The third-order valence-corrected chi connectivity index (χ3v) is 4.61. The number of methoxy groups -OCH3 is 3. The van der Waals surface area contributed by atoms with Gasteiger partial charge in [0.15, 0.2) is 0 Å². The van der Waals surface area contributed by atoms with Gasteiger partial charge in [-0.3, -0.25) is 0 Å². The molecule has 0 aliphatic carbocycles. The maximum atomic E-state index is 5.45. The highest BCUT2D eigenvalue weighted by Gasteiger charge is 2.11. The van der Waals surface area contributed by atoms with E-state index in [0.717, 1.165) is 22.3 Å². The lowest BCUT2D eigenvalue weighted by Crippen LogP contribution is -2.03. The molecule has 7 nitrogen and oxygen atoms in total. The molecule has 0 aliphatic rings. The molecule has 30 heavy (non-hydrogen) atoms. The minimum Gasteiger partial charge on any atom is -0.497 e. The van der Waals surface area contributed by atoms with Crippen LogP contribution in [-0.4, -0.2) is 31.3 Å². The summed E-state index contributed by atoms with van der Waals surface area (Å²) in [6, 6.07) is 21.0. The van der Waals surface area contributed by atoms with E-state index in [2.05, 4.69) is 15.6 Å². The summed E-state index contributed by atoms with van der Waals surface area (Å²) < 4.78 is 16.0. The molecule has 0 amide bonds. The molecule has 0 saturated carbocycles. The van der Waals surface area contributed by atoms with Gasteiger partial charge in [0.05, 0.1) is 32.5 Å². The van der Waals surface area contributed by atoms with Gasteiger partial charge >= 0.3 is 0 Å². The SMILES string of the molecule is COc1ccc(Nc2nc(Nc3cc(OC)ccc3OC)nc3ccccc23)cc1. The van der Waals surface area contributed by atoms with Gasteiger partial charge < -0.3 is 24.8 Å². The van der Waals surface area contributed by atoms with Crippen LogP contribution in [0.25, 0.3) is 10.9 Å². The van der Waals surface area contributed by atoms with Gasteiger partial charge in [0.2, 0.25) is 5.95 Å². The fourth-order valence-electron chi connectivity index (χ4n) is 3.07. The predicted octanol–water partition coefficient (Wildman–Crippen LogP) is 5.14. The van der Waals surface area contributed by atoms with Gasteiger partial charge in [-0.15, -0.1) is 0 Å². The number of benzene rings is 3. The molecule has 0 bridgehead atoms. The van der Waals surface area contributed by atoms with E-state index in [9.17, 15) is 0 Å². The van der Waals surface area contributed by atoms with E-state index in [-0.39, 0.29) is 0 Å². The van der Waals surface area contributed by atoms with Crippen molar-refractivity contribution in [1.82, 2.24) is 9.97 Å². The lowest BCUT2D eigenvalue weighted by Gasteiger charge is -2.14. The zero-order valence-electron chi connectivity index (χ0n) is 17.0. The Hall–Kier alpha value is -4.00. The summed E-state index contributed by atoms with van der Waals surface area (Å²) in [7, 11) is 4.88. The van der Waals surface area contributed by atoms with Crippen molar-refractivity contribution in [3.05, 3.63) is 66.7 Å². The molecule has 0 aliphatic heterocycles. The maximum Gasteiger partial charge on any atom is 0.229 e. The van der Waals surface area contributed by atoms with Crippen molar-refractivity contribution in [3.63, 3.8) is 0 Å². The molecule has 0 atom stereocenters. The molecular weight excluding hydrogens is 380 g/mol. The van der Waals surface area contributed by atoms with Crippen LogP contribution in [0.4, 0.5) is 23.1 Å². The largest absolute Gasteiger partial charge is 0.497 e. The average Bonchev–Trinajstić information content (AvgIpc) is 2.79. The van der Waals surface area contributed by atoms with Crippen LogP contribution < -0.4 is 24.8 Å². The van der Waals surface area contributed by atoms with Crippen molar-refractivity contribution >= 4 is 34.0 Å². The molecular formula is C23H22N4O3. The minimum absolute atomic E-state index is 0.441. The standard InChI is InChI=1S/C23H22N4O3/c1-28-16-10-8-15(9-11-16)24-22-18-6-4-5-7-19(18)25-23(27-22)26-20-14-17(29-2)12-13-21(20)30-3/h4-14H,1-3H3,(H2,24,25,26,27). The molecule has 0 unspecified atom stereocenters. The lowest BCUT2D eigenvalue weighted by atomic mass is 10.2. The first-order valence-electron chi connectivity index (χ1n) is 9.37. The average molecular weight is 402 g/mol. The number of anilines is 4. The lowest BCUT2D eigenvalue weighted by molar-refractivity contribution is 0.405. The smallest absolute Gasteiger partial charge is 0.229 e. The third-order valence-electron chi connectivity index (χ3n) is 4.61. The molecule has 0 radical (unpaired) electrons. The molecule has 0 saturated heterocycles. The second-order valence-electron chi connectivity index (χ2n) is 6.46. The number of fused-ring (bicyclic) bond motifs is 1. The number of para-hydroxylation sites is 1. The minimum atomic E-state index is 0.441. The summed E-state index contributed by atoms with van der Waals surface area (Å²) in [4.78, 5) is 9.36. The molecule has 1 heterocycles. The van der Waals surface area contributed by atoms with Crippen molar-refractivity contribution < 1.29 is 14.2 Å². The number of ether oxygens (including phenoxy) is 3. The van der Waals surface area contributed by atoms with E-state index in [0.29, 0.717) is 29.0 Å². The van der Waals surface area contributed by atoms with Gasteiger partial charge in [0.25, 0.3) is 0 Å². The number of hydrogen-bond donors (Lipinski definition) is 2. The molecule has 2 N–H and O–H groups in total. The third kappa shape index (κ3) is 4.05. The molecule has 0 spiro atoms. The molecule has 1 aromatic heterocycles. The van der Waals surface area contributed by atoms with Crippen molar-refractivity contribution in [2.75, 3.05) is 32.0 Å². The van der Waals surface area contributed by atoms with E-state index in [1.807, 2.05) is 66.7 Å². The van der Waals surface area contributed by atoms with Gasteiger partial charge in [-0.2, -0.15) is 4.98 Å². The van der Waals surface area contributed by atoms with Crippen LogP contribution in [0.15, 0.2) is 66.7 Å². The van der Waals surface area contributed by atoms with Crippen molar-refractivity contribution in [3.8, 4) is 17.2 Å². The Morgan fingerprint density at radius 2 is 1.43 bits per heavy atom. The normalized spacial score (nSPS) is 10.5. The van der Waals surface area contributed by atoms with Gasteiger partial charge in [-0.05, 0) is 48.5 Å². The maximum absolute atomic E-state index is 5.45. The first-order valence-corrected chi connectivity index (χ1v) is 9.37. The monoisotopic (exact) mass is 402 g/mol. The van der Waals surface area contributed by atoms with Crippen LogP contribution in [0.3, 0.4) is 0 Å². The zero-order valence-corrected chi connectivity index (χ0v) is 17.0. The predicted molar refractivity (Wildman–Crippen MR) is 119 cm³/mol. The van der Waals surface area contributed by atoms with Crippen LogP contribution in [-0.2, 0) is 0 Å². The number of nitrogens with one attached hydrogen (secondary N) is 2. The quantitative estimate of drug-likeness (QED) is 0.443. The summed E-state index contributed by atoms with van der Waals surface area (Å²) in [5, 5.41) is 7.53. The van der Waals surface area contributed by atoms with Crippen molar-refractivity contribution in [1.29, 1.82) is 0 Å². The van der Waals surface area contributed by atoms with Gasteiger partial charge in [-0.1, -0.05) is 12.1 Å². The highest BCUT2D eigenvalue weighted by atomic mass is 16.5. The second-order valence-corrected chi connectivity index (χ2v) is 6.46. The van der Waals surface area contributed by atoms with E-state index in [1.54, 1.807) is 21.3 Å². The Labute approximate surface area is 174 Å². The molecule has 0 fully saturated rings. The summed E-state index contributed by atoms with van der Waals surface area (Å²) in [6.07, 6.45) is 0. The summed E-state index contributed by atoms with van der Waals surface area (Å²) in [5.41, 5.74) is 2.42. The van der Waals surface area contributed by atoms with Gasteiger partial charge in [0, 0.05) is 17.1 Å². The fraction of sp³-hybridized carbons (Fsp3) is 0.130. The molecule has 3 aromatic carbocycles. The van der Waals surface area contributed by atoms with Gasteiger partial charge in [-0.25, -0.2) is 4.98 Å². The highest BCUT2D eigenvalue weighted by Crippen LogP contribution is 2.32. The number of hydrogen-bond acceptors (Lipinski definition) is 7. The Morgan fingerprint density at radius 3 is 2.17 bits per heavy atom. The molecule has 4 aromatic rings. The highest BCUT2D eigenvalue weighted by molar-refractivity contribution is 5.92. The topological polar surface area (TPSA) is 77.5 Å². The second kappa shape index (κ2) is 8.57. The summed E-state index contributed by atoms with van der Waals surface area (Å²) in [5.74, 6) is 3.29. The van der Waals surface area contributed by atoms with Crippen LogP contribution in [0, 0.1) is 0 Å². The number of aromatic nitrogens is 2. The Bertz CT molecular complexity index is 1160. The van der Waals surface area contributed by atoms with Crippen LogP contribution in [0.2, 0.25) is 0 Å². The van der Waals surface area contributed by atoms with Crippen molar-refractivity contribution in [2.24, 2.45) is 0 Å². The number of rotatable bonds is 7. The first kappa shape index (κ1) is 19.3. The van der Waals surface area contributed by atoms with Crippen LogP contribution in [0.5, 0.6) is 17.2 Å². The van der Waals surface area contributed by atoms with Crippen LogP contribution >= 0.6 is 0 Å². The van der Waals surface area contributed by atoms with E-state index < -0.39 is 0 Å². The Balaban J connectivity index is 1.73. The summed E-state index contributed by atoms with van der Waals surface area (Å²) >= 11 is 0. The van der Waals surface area contributed by atoms with Gasteiger partial charge in [0.1, 0.15) is 23.1 Å². The summed E-state index contributed by atoms with van der Waals surface area (Å²) in [6.45, 7) is 0. The van der Waals surface area contributed by atoms with E-state index in [1.165, 1.54) is 0 Å². The molecule has 152 valence electrons. The van der Waals surface area contributed by atoms with Crippen LogP contribution in [0.1, 0.15) is 0 Å². The zero-order chi connectivity index (χ0) is 20.9.